The largest absolute Gasteiger partial charge is 0.491 e. The van der Waals surface area contributed by atoms with E-state index in [1.165, 1.54) is 44.5 Å². The van der Waals surface area contributed by atoms with Gasteiger partial charge in [-0.25, -0.2) is 18.3 Å². The van der Waals surface area contributed by atoms with E-state index in [-0.39, 0.29) is 0 Å². The van der Waals surface area contributed by atoms with Crippen LogP contribution in [-0.2, 0) is 68.8 Å². The van der Waals surface area contributed by atoms with Crippen LogP contribution in [0.25, 0.3) is 22.3 Å². The van der Waals surface area contributed by atoms with Crippen LogP contribution in [0.3, 0.4) is 0 Å². The van der Waals surface area contributed by atoms with E-state index in [4.69, 9.17) is 71.1 Å². The maximum atomic E-state index is 9.87. The van der Waals surface area contributed by atoms with Crippen molar-refractivity contribution in [1.82, 2.24) is 0 Å². The van der Waals surface area contributed by atoms with Crippen LogP contribution in [-0.4, -0.2) is 159 Å². The molecule has 672 valence electrons. The monoisotopic (exact) mass is 1830 g/mol. The van der Waals surface area contributed by atoms with E-state index < -0.39 is 31.2 Å². The van der Waals surface area contributed by atoms with Crippen LogP contribution in [0.2, 0.25) is 0 Å². The molecule has 0 aliphatic carbocycles. The zero-order valence-corrected chi connectivity index (χ0v) is 66.5. The second-order valence-electron chi connectivity index (χ2n) is 25.4. The van der Waals surface area contributed by atoms with Gasteiger partial charge < -0.3 is 71.1 Å². The Morgan fingerprint density at radius 1 is 0.176 bits per heavy atom. The van der Waals surface area contributed by atoms with Crippen molar-refractivity contribution in [2.45, 2.75) is 26.2 Å². The Bertz CT molecular complexity index is 3940. The minimum Gasteiger partial charge on any atom is -0.491 e. The Kier molecular flexibility index (Phi) is 34.2. The molecular weight excluding hydrogens is 1740 g/mol. The van der Waals surface area contributed by atoms with Gasteiger partial charge in [0.2, 0.25) is 0 Å². The van der Waals surface area contributed by atoms with E-state index in [0.29, 0.717) is 193 Å². The number of hydrogen-bond donors (Lipinski definition) is 0. The Balaban J connectivity index is 0.000000282. The van der Waals surface area contributed by atoms with Crippen molar-refractivity contribution in [2.75, 3.05) is 159 Å². The van der Waals surface area contributed by atoms with Gasteiger partial charge >= 0.3 is 132 Å². The molecule has 119 heavy (non-hydrogen) atoms. The molecule has 0 radical (unpaired) electrons. The van der Waals surface area contributed by atoms with Crippen LogP contribution in [0.4, 0.5) is 101 Å². The number of fused-ring (bicyclic) bond motifs is 15. The molecule has 26 rings (SSSR count). The van der Waals surface area contributed by atoms with Crippen LogP contribution in [0.5, 0.6) is 34.5 Å². The first kappa shape index (κ1) is 99.8. The normalized spacial score (nSPS) is 18.5. The summed E-state index contributed by atoms with van der Waals surface area (Å²) in [5, 5.41) is 0. The number of aromatic nitrogens is 4. The standard InChI is InChI=1S/C36H32N4.C36H54O15.4F6P/c1-2-30-4-3-29(1)25-37-17-9-33(10-18-37)35-13-21-39(22-14-35)27-31-5-7-32(8-6-31)28-40-23-15-36(16-24-40)34-11-19-38(26-30)20-12-34;1-2-35-36-30-31(1)46-21-15-40-9-3-37-4-10-41-16-22-47-32-27-33(48-23-17-42-11-5-38-7-13-44-19-25-50-35)29-34(28-32)49-24-18-43-12-6-39-8-14-45-20-26-51-36;4*1-7(2,3,4,5)6/h1-24H,25-28H2;1-2,27-30H,3-26H2;;;;/q+4;;4*-1. The summed E-state index contributed by atoms with van der Waals surface area (Å²) >= 11 is 0. The van der Waals surface area contributed by atoms with Crippen LogP contribution < -0.4 is 46.7 Å². The molecule has 18 aliphatic heterocycles. The van der Waals surface area contributed by atoms with Crippen LogP contribution in [0.15, 0.2) is 183 Å². The maximum absolute atomic E-state index is 10.7. The first-order valence-corrected chi connectivity index (χ1v) is 43.7. The average molecular weight is 1830 g/mol. The van der Waals surface area contributed by atoms with E-state index in [1.54, 1.807) is 6.07 Å². The van der Waals surface area contributed by atoms with Crippen LogP contribution in [0.1, 0.15) is 22.3 Å². The maximum Gasteiger partial charge on any atom is 0.173 e. The molecule has 0 atom stereocenters. The average Bonchev–Trinajstić information content (AvgIpc) is 0.801. The summed E-state index contributed by atoms with van der Waals surface area (Å²) in [6.07, 6.45) is 17.4. The van der Waals surface area contributed by atoms with Crippen molar-refractivity contribution in [3.8, 4) is 56.8 Å². The van der Waals surface area contributed by atoms with Crippen molar-refractivity contribution in [2.24, 2.45) is 0 Å². The molecule has 0 saturated carbocycles. The van der Waals surface area contributed by atoms with Gasteiger partial charge in [-0.15, -0.1) is 0 Å². The number of hydrogen-bond acceptors (Lipinski definition) is 15. The fraction of sp³-hybridized carbons (Fsp3) is 0.389. The molecule has 0 unspecified atom stereocenters. The number of ether oxygens (including phenoxy) is 15. The van der Waals surface area contributed by atoms with E-state index in [0.717, 1.165) is 26.2 Å². The molecule has 19 nitrogen and oxygen atoms in total. The van der Waals surface area contributed by atoms with Crippen molar-refractivity contribution < 1.29 is 190 Å². The molecule has 22 heterocycles. The smallest absolute Gasteiger partial charge is 0.173 e. The number of nitrogens with zero attached hydrogens (tertiary/aromatic N) is 4. The summed E-state index contributed by atoms with van der Waals surface area (Å²) in [6, 6.07) is 46.4. The molecule has 17 bridgehead atoms. The molecule has 4 aromatic carbocycles. The van der Waals surface area contributed by atoms with Gasteiger partial charge in [0.25, 0.3) is 0 Å². The first-order chi connectivity index (χ1) is 54.9. The molecule has 18 aliphatic rings. The molecule has 0 amide bonds. The van der Waals surface area contributed by atoms with Crippen molar-refractivity contribution >= 4 is 31.2 Å². The second kappa shape index (κ2) is 40.8. The third kappa shape index (κ3) is 57.8. The van der Waals surface area contributed by atoms with Gasteiger partial charge in [-0.1, -0.05) is 48.5 Å². The summed E-state index contributed by atoms with van der Waals surface area (Å²) in [5.41, 5.74) is 10.1. The summed E-state index contributed by atoms with van der Waals surface area (Å²) < 4.78 is 332. The molecular formula is C72H86F24N4O15P4. The van der Waals surface area contributed by atoms with Gasteiger partial charge in [0, 0.05) is 95.1 Å². The van der Waals surface area contributed by atoms with Crippen molar-refractivity contribution in [3.05, 3.63) is 205 Å². The third-order valence-electron chi connectivity index (χ3n) is 14.7. The van der Waals surface area contributed by atoms with Gasteiger partial charge in [-0.2, -0.15) is 0 Å². The summed E-state index contributed by atoms with van der Waals surface area (Å²) in [6.45, 7) is 13.0. The van der Waals surface area contributed by atoms with Crippen LogP contribution in [0, 0.1) is 0 Å². The first-order valence-electron chi connectivity index (χ1n) is 35.5. The van der Waals surface area contributed by atoms with Crippen molar-refractivity contribution in [3.63, 3.8) is 0 Å². The summed E-state index contributed by atoms with van der Waals surface area (Å²) in [5.74, 6) is 3.54. The van der Waals surface area contributed by atoms with E-state index in [9.17, 15) is 101 Å². The SMILES string of the molecule is F[P-](F)(F)(F)(F)F.F[P-](F)(F)(F)(F)F.F[P-](F)(F)(F)(F)F.F[P-](F)(F)(F)(F)F.c1cc2c3cc1OCCOCCOCCOCCOc1cc(cc(c1)OCCOCCOCCOCCO3)OCCOCCOCCOCCO2.c1cc2ccc1C[n+]1ccc(cc1)-c1cc[n+](cc1)Cc1ccc(cc1)C[n+]1ccc(cc1)-c1cc[n+](cc1)C2. The third-order valence-corrected chi connectivity index (χ3v) is 14.7. The van der Waals surface area contributed by atoms with E-state index >= 15 is 0 Å². The van der Waals surface area contributed by atoms with Gasteiger partial charge in [0.05, 0.1) is 119 Å². The minimum atomic E-state index is -10.7. The molecule has 47 heteroatoms. The summed E-state index contributed by atoms with van der Waals surface area (Å²) in [7, 11) is -42.6. The Morgan fingerprint density at radius 3 is 0.546 bits per heavy atom. The van der Waals surface area contributed by atoms with Gasteiger partial charge in [-0.05, 0) is 34.4 Å². The molecule has 8 aromatic rings. The number of pyridine rings is 4. The Labute approximate surface area is 665 Å². The van der Waals surface area contributed by atoms with Crippen LogP contribution >= 0.6 is 31.2 Å². The molecule has 0 fully saturated rings. The quantitative estimate of drug-likeness (QED) is 0.0612. The number of halogens is 24. The summed E-state index contributed by atoms with van der Waals surface area (Å²) in [4.78, 5) is 0. The minimum absolute atomic E-state index is 0.317. The fourth-order valence-corrected chi connectivity index (χ4v) is 9.89. The Hall–Kier alpha value is -8.04. The van der Waals surface area contributed by atoms with Gasteiger partial charge in [0.1, 0.15) is 62.6 Å². The molecule has 0 saturated heterocycles. The van der Waals surface area contributed by atoms with E-state index in [2.05, 4.69) is 165 Å². The zero-order valence-electron chi connectivity index (χ0n) is 62.9. The predicted molar refractivity (Wildman–Crippen MR) is 391 cm³/mol. The van der Waals surface area contributed by atoms with Gasteiger partial charge in [0.15, 0.2) is 87.3 Å². The molecule has 4 aromatic heterocycles. The molecule has 0 spiro atoms. The van der Waals surface area contributed by atoms with Crippen molar-refractivity contribution in [1.29, 1.82) is 0 Å². The molecule has 0 N–H and O–H groups in total. The second-order valence-corrected chi connectivity index (χ2v) is 33.0. The number of benzene rings is 4. The zero-order chi connectivity index (χ0) is 87.6. The predicted octanol–water partition coefficient (Wildman–Crippen LogP) is 21.0. The van der Waals surface area contributed by atoms with Gasteiger partial charge in [-0.3, -0.25) is 0 Å². The Morgan fingerprint density at radius 2 is 0.345 bits per heavy atom. The van der Waals surface area contributed by atoms with E-state index in [1.807, 2.05) is 30.3 Å². The fourth-order valence-electron chi connectivity index (χ4n) is 9.89. The number of rotatable bonds is 0. The topological polar surface area (TPSA) is 154 Å².